The van der Waals surface area contributed by atoms with Gasteiger partial charge in [-0.25, -0.2) is 0 Å². The van der Waals surface area contributed by atoms with E-state index in [0.29, 0.717) is 13.0 Å². The molecule has 2 N–H and O–H groups in total. The molecule has 0 aromatic heterocycles. The van der Waals surface area contributed by atoms with Crippen LogP contribution < -0.4 is 10.6 Å². The Morgan fingerprint density at radius 2 is 1.97 bits per heavy atom. The highest BCUT2D eigenvalue weighted by Crippen LogP contribution is 2.24. The van der Waals surface area contributed by atoms with Gasteiger partial charge in [-0.1, -0.05) is 30.7 Å². The summed E-state index contributed by atoms with van der Waals surface area (Å²) in [7, 11) is 0. The Hall–Kier alpha value is -1.83. The first-order valence-electron chi connectivity index (χ1n) is 11.0. The number of halogens is 1. The zero-order valence-electron chi connectivity index (χ0n) is 18.1. The number of likely N-dealkylation sites (tertiary alicyclic amines) is 1. The predicted molar refractivity (Wildman–Crippen MR) is 121 cm³/mol. The second-order valence-corrected chi connectivity index (χ2v) is 8.19. The fraction of sp³-hybridized carbons (Fsp3) is 0.636. The van der Waals surface area contributed by atoms with Gasteiger partial charge in [0.1, 0.15) is 0 Å². The van der Waals surface area contributed by atoms with Gasteiger partial charge in [0.15, 0.2) is 5.96 Å². The summed E-state index contributed by atoms with van der Waals surface area (Å²) in [6.07, 6.45) is 1.50. The molecule has 0 bridgehead atoms. The van der Waals surface area contributed by atoms with Crippen LogP contribution in [0.1, 0.15) is 38.3 Å². The number of ether oxygens (including phenoxy) is 1. The summed E-state index contributed by atoms with van der Waals surface area (Å²) in [5, 5.41) is 7.62. The van der Waals surface area contributed by atoms with Crippen molar-refractivity contribution in [3.63, 3.8) is 0 Å². The number of nitrogens with one attached hydrogen (secondary N) is 2. The third-order valence-corrected chi connectivity index (χ3v) is 5.94. The number of guanidine groups is 1. The van der Waals surface area contributed by atoms with Crippen molar-refractivity contribution in [3.8, 4) is 0 Å². The maximum absolute atomic E-state index is 12.0. The summed E-state index contributed by atoms with van der Waals surface area (Å²) in [6, 6.07) is 8.46. The lowest BCUT2D eigenvalue weighted by Crippen LogP contribution is -2.46. The lowest BCUT2D eigenvalue weighted by atomic mass is 10.0. The monoisotopic (exact) mass is 435 g/mol. The highest BCUT2D eigenvalue weighted by molar-refractivity contribution is 6.30. The Kier molecular flexibility index (Phi) is 8.78. The van der Waals surface area contributed by atoms with Gasteiger partial charge in [-0.05, 0) is 31.0 Å². The molecule has 166 valence electrons. The molecule has 2 unspecified atom stereocenters. The SMILES string of the molecule is CCNC(=NCC(c1ccc(Cl)cc1)N1CCOCC1)NC1CCN(C(=O)CC)C1. The first-order valence-corrected chi connectivity index (χ1v) is 11.4. The third-order valence-electron chi connectivity index (χ3n) is 5.69. The molecule has 8 heteroatoms. The van der Waals surface area contributed by atoms with E-state index in [1.165, 1.54) is 5.56 Å². The van der Waals surface area contributed by atoms with Crippen molar-refractivity contribution >= 4 is 23.5 Å². The van der Waals surface area contributed by atoms with Crippen LogP contribution in [0.4, 0.5) is 0 Å². The van der Waals surface area contributed by atoms with E-state index in [1.54, 1.807) is 0 Å². The summed E-state index contributed by atoms with van der Waals surface area (Å²) in [6.45, 7) is 10.2. The fourth-order valence-electron chi connectivity index (χ4n) is 4.03. The van der Waals surface area contributed by atoms with E-state index in [4.69, 9.17) is 21.3 Å². The van der Waals surface area contributed by atoms with Crippen molar-refractivity contribution in [1.82, 2.24) is 20.4 Å². The molecule has 2 fully saturated rings. The maximum atomic E-state index is 12.0. The van der Waals surface area contributed by atoms with Crippen LogP contribution in [0, 0.1) is 0 Å². The number of hydrogen-bond donors (Lipinski definition) is 2. The van der Waals surface area contributed by atoms with Gasteiger partial charge < -0.3 is 20.3 Å². The highest BCUT2D eigenvalue weighted by Gasteiger charge is 2.26. The number of carbonyl (C=O) groups is 1. The number of amides is 1. The van der Waals surface area contributed by atoms with E-state index in [9.17, 15) is 4.79 Å². The number of aliphatic imine (C=N–C) groups is 1. The van der Waals surface area contributed by atoms with Crippen molar-refractivity contribution in [3.05, 3.63) is 34.9 Å². The van der Waals surface area contributed by atoms with Crippen LogP contribution in [-0.4, -0.2) is 80.2 Å². The third kappa shape index (κ3) is 6.33. The molecule has 0 spiro atoms. The van der Waals surface area contributed by atoms with E-state index in [2.05, 4.69) is 34.6 Å². The molecule has 3 rings (SSSR count). The van der Waals surface area contributed by atoms with Crippen LogP contribution in [0.2, 0.25) is 5.02 Å². The Morgan fingerprint density at radius 1 is 1.23 bits per heavy atom. The first kappa shape index (κ1) is 22.8. The molecule has 1 amide bonds. The van der Waals surface area contributed by atoms with E-state index in [0.717, 1.165) is 63.3 Å². The number of rotatable bonds is 7. The normalized spacial score (nSPS) is 21.5. The number of carbonyl (C=O) groups excluding carboxylic acids is 1. The quantitative estimate of drug-likeness (QED) is 0.508. The molecule has 2 saturated heterocycles. The predicted octanol–water partition coefficient (Wildman–Crippen LogP) is 2.28. The van der Waals surface area contributed by atoms with Crippen molar-refractivity contribution in [2.75, 3.05) is 52.5 Å². The van der Waals surface area contributed by atoms with Gasteiger partial charge in [-0.3, -0.25) is 14.7 Å². The van der Waals surface area contributed by atoms with Gasteiger partial charge in [-0.15, -0.1) is 0 Å². The Bertz CT molecular complexity index is 706. The largest absolute Gasteiger partial charge is 0.379 e. The minimum absolute atomic E-state index is 0.170. The van der Waals surface area contributed by atoms with Gasteiger partial charge in [-0.2, -0.15) is 0 Å². The molecule has 30 heavy (non-hydrogen) atoms. The lowest BCUT2D eigenvalue weighted by molar-refractivity contribution is -0.129. The first-order chi connectivity index (χ1) is 14.6. The molecule has 0 aliphatic carbocycles. The summed E-state index contributed by atoms with van der Waals surface area (Å²) < 4.78 is 5.54. The van der Waals surface area contributed by atoms with Crippen LogP contribution in [0.3, 0.4) is 0 Å². The maximum Gasteiger partial charge on any atom is 0.222 e. The summed E-state index contributed by atoms with van der Waals surface area (Å²) >= 11 is 6.10. The van der Waals surface area contributed by atoms with E-state index in [1.807, 2.05) is 24.0 Å². The Balaban J connectivity index is 1.69. The summed E-state index contributed by atoms with van der Waals surface area (Å²) in [5.41, 5.74) is 1.21. The summed E-state index contributed by atoms with van der Waals surface area (Å²) in [4.78, 5) is 21.2. The van der Waals surface area contributed by atoms with Crippen molar-refractivity contribution < 1.29 is 9.53 Å². The standard InChI is InChI=1S/C22H34ClN5O2/c1-3-21(29)28-10-9-19(16-28)26-22(24-4-2)25-15-20(27-11-13-30-14-12-27)17-5-7-18(23)8-6-17/h5-8,19-20H,3-4,9-16H2,1-2H3,(H2,24,25,26). The molecule has 2 atom stereocenters. The minimum atomic E-state index is 0.170. The zero-order valence-corrected chi connectivity index (χ0v) is 18.8. The van der Waals surface area contributed by atoms with Crippen molar-refractivity contribution in [1.29, 1.82) is 0 Å². The second kappa shape index (κ2) is 11.5. The molecular formula is C22H34ClN5O2. The Morgan fingerprint density at radius 3 is 2.63 bits per heavy atom. The van der Waals surface area contributed by atoms with E-state index in [-0.39, 0.29) is 18.0 Å². The Labute approximate surface area is 184 Å². The summed E-state index contributed by atoms with van der Waals surface area (Å²) in [5.74, 6) is 1.02. The van der Waals surface area contributed by atoms with Gasteiger partial charge >= 0.3 is 0 Å². The van der Waals surface area contributed by atoms with E-state index >= 15 is 0 Å². The van der Waals surface area contributed by atoms with Crippen molar-refractivity contribution in [2.24, 2.45) is 4.99 Å². The molecule has 0 saturated carbocycles. The zero-order chi connectivity index (χ0) is 21.3. The number of benzene rings is 1. The highest BCUT2D eigenvalue weighted by atomic mass is 35.5. The van der Waals surface area contributed by atoms with Crippen LogP contribution in [0.15, 0.2) is 29.3 Å². The van der Waals surface area contributed by atoms with E-state index < -0.39 is 0 Å². The molecule has 7 nitrogen and oxygen atoms in total. The average molecular weight is 436 g/mol. The number of hydrogen-bond acceptors (Lipinski definition) is 4. The van der Waals surface area contributed by atoms with Crippen LogP contribution in [0.25, 0.3) is 0 Å². The molecule has 0 radical (unpaired) electrons. The molecule has 2 heterocycles. The van der Waals surface area contributed by atoms with Gasteiger partial charge in [0, 0.05) is 50.2 Å². The molecule has 2 aliphatic heterocycles. The minimum Gasteiger partial charge on any atom is -0.379 e. The molecule has 1 aromatic rings. The van der Waals surface area contributed by atoms with Gasteiger partial charge in [0.05, 0.1) is 25.8 Å². The molecule has 2 aliphatic rings. The topological polar surface area (TPSA) is 69.2 Å². The number of morpholine rings is 1. The van der Waals surface area contributed by atoms with Gasteiger partial charge in [0.25, 0.3) is 0 Å². The number of nitrogens with zero attached hydrogens (tertiary/aromatic N) is 3. The lowest BCUT2D eigenvalue weighted by Gasteiger charge is -2.34. The average Bonchev–Trinajstić information content (AvgIpc) is 3.24. The molecular weight excluding hydrogens is 402 g/mol. The van der Waals surface area contributed by atoms with Crippen LogP contribution >= 0.6 is 11.6 Å². The second-order valence-electron chi connectivity index (χ2n) is 7.76. The van der Waals surface area contributed by atoms with Crippen LogP contribution in [-0.2, 0) is 9.53 Å². The van der Waals surface area contributed by atoms with Crippen molar-refractivity contribution in [2.45, 2.75) is 38.8 Å². The van der Waals surface area contributed by atoms with Crippen LogP contribution in [0.5, 0.6) is 0 Å². The fourth-order valence-corrected chi connectivity index (χ4v) is 4.15. The smallest absolute Gasteiger partial charge is 0.222 e. The van der Waals surface area contributed by atoms with Gasteiger partial charge in [0.2, 0.25) is 5.91 Å². The molecule has 1 aromatic carbocycles.